The fourth-order valence-corrected chi connectivity index (χ4v) is 3.14. The summed E-state index contributed by atoms with van der Waals surface area (Å²) in [6.07, 6.45) is 5.50. The molecule has 2 rings (SSSR count). The molecule has 0 spiro atoms. The highest BCUT2D eigenvalue weighted by molar-refractivity contribution is 5.85. The molecular weight excluding hydrogens is 297 g/mol. The van der Waals surface area contributed by atoms with Crippen LogP contribution in [0.15, 0.2) is 0 Å². The van der Waals surface area contributed by atoms with Gasteiger partial charge in [-0.3, -0.25) is 4.79 Å². The number of amides is 1. The van der Waals surface area contributed by atoms with Gasteiger partial charge in [0.15, 0.2) is 0 Å². The van der Waals surface area contributed by atoms with Gasteiger partial charge in [0.25, 0.3) is 0 Å². The molecule has 6 heteroatoms. The third-order valence-corrected chi connectivity index (χ3v) is 4.24. The van der Waals surface area contributed by atoms with Crippen LogP contribution in [0, 0.1) is 11.8 Å². The molecule has 3 N–H and O–H groups in total. The van der Waals surface area contributed by atoms with Gasteiger partial charge in [0, 0.05) is 25.0 Å². The SMILES string of the molecule is CC(CNC(=O)C1CCC(N)C1)CN1CCCC1.Cl.Cl. The molecule has 0 bridgehead atoms. The molecule has 3 atom stereocenters. The van der Waals surface area contributed by atoms with E-state index in [0.29, 0.717) is 5.92 Å². The number of nitrogens with one attached hydrogen (secondary N) is 1. The minimum Gasteiger partial charge on any atom is -0.356 e. The lowest BCUT2D eigenvalue weighted by molar-refractivity contribution is -0.125. The van der Waals surface area contributed by atoms with Crippen LogP contribution in [0.5, 0.6) is 0 Å². The molecule has 0 aromatic carbocycles. The van der Waals surface area contributed by atoms with Gasteiger partial charge in [-0.1, -0.05) is 6.92 Å². The molecule has 1 amide bonds. The zero-order chi connectivity index (χ0) is 13.0. The van der Waals surface area contributed by atoms with Gasteiger partial charge < -0.3 is 16.0 Å². The quantitative estimate of drug-likeness (QED) is 0.810. The zero-order valence-electron chi connectivity index (χ0n) is 12.3. The molecule has 120 valence electrons. The summed E-state index contributed by atoms with van der Waals surface area (Å²) in [5, 5.41) is 3.10. The molecule has 1 heterocycles. The van der Waals surface area contributed by atoms with Crippen LogP contribution in [0.1, 0.15) is 39.0 Å². The van der Waals surface area contributed by atoms with Crippen LogP contribution >= 0.6 is 24.8 Å². The first kappa shape index (κ1) is 20.0. The molecular formula is C14H29Cl2N3O. The third-order valence-electron chi connectivity index (χ3n) is 4.24. The maximum absolute atomic E-state index is 12.0. The van der Waals surface area contributed by atoms with Crippen molar-refractivity contribution in [2.24, 2.45) is 17.6 Å². The van der Waals surface area contributed by atoms with Gasteiger partial charge in [-0.15, -0.1) is 24.8 Å². The van der Waals surface area contributed by atoms with E-state index in [9.17, 15) is 4.79 Å². The average molecular weight is 326 g/mol. The molecule has 0 radical (unpaired) electrons. The van der Waals surface area contributed by atoms with E-state index in [4.69, 9.17) is 5.73 Å². The summed E-state index contributed by atoms with van der Waals surface area (Å²) in [5.41, 5.74) is 5.84. The van der Waals surface area contributed by atoms with Crippen molar-refractivity contribution in [1.29, 1.82) is 0 Å². The number of rotatable bonds is 5. The Kier molecular flexibility index (Phi) is 9.81. The Morgan fingerprint density at radius 2 is 1.95 bits per heavy atom. The minimum atomic E-state index is 0. The molecule has 20 heavy (non-hydrogen) atoms. The Morgan fingerprint density at radius 3 is 2.50 bits per heavy atom. The van der Waals surface area contributed by atoms with Crippen molar-refractivity contribution < 1.29 is 4.79 Å². The van der Waals surface area contributed by atoms with Crippen molar-refractivity contribution in [1.82, 2.24) is 10.2 Å². The summed E-state index contributed by atoms with van der Waals surface area (Å²) in [5.74, 6) is 0.928. The van der Waals surface area contributed by atoms with Crippen LogP contribution in [0.2, 0.25) is 0 Å². The fourth-order valence-electron chi connectivity index (χ4n) is 3.14. The first-order chi connectivity index (χ1) is 8.65. The van der Waals surface area contributed by atoms with Crippen LogP contribution in [-0.2, 0) is 4.79 Å². The second-order valence-corrected chi connectivity index (χ2v) is 6.13. The van der Waals surface area contributed by atoms with Crippen molar-refractivity contribution in [3.8, 4) is 0 Å². The van der Waals surface area contributed by atoms with Gasteiger partial charge in [0.2, 0.25) is 5.91 Å². The lowest BCUT2D eigenvalue weighted by atomic mass is 10.1. The Morgan fingerprint density at radius 1 is 1.30 bits per heavy atom. The highest BCUT2D eigenvalue weighted by atomic mass is 35.5. The molecule has 1 saturated carbocycles. The summed E-state index contributed by atoms with van der Waals surface area (Å²) < 4.78 is 0. The van der Waals surface area contributed by atoms with Crippen molar-refractivity contribution in [2.75, 3.05) is 26.2 Å². The van der Waals surface area contributed by atoms with Crippen LogP contribution in [0.3, 0.4) is 0 Å². The number of likely N-dealkylation sites (tertiary alicyclic amines) is 1. The van der Waals surface area contributed by atoms with Crippen LogP contribution in [0.4, 0.5) is 0 Å². The summed E-state index contributed by atoms with van der Waals surface area (Å²) in [6, 6.07) is 0.239. The van der Waals surface area contributed by atoms with Gasteiger partial charge in [-0.2, -0.15) is 0 Å². The number of hydrogen-bond donors (Lipinski definition) is 2. The summed E-state index contributed by atoms with van der Waals surface area (Å²) in [7, 11) is 0. The first-order valence-corrected chi connectivity index (χ1v) is 7.41. The molecule has 3 unspecified atom stereocenters. The van der Waals surface area contributed by atoms with Crippen molar-refractivity contribution in [3.63, 3.8) is 0 Å². The van der Waals surface area contributed by atoms with Gasteiger partial charge in [0.1, 0.15) is 0 Å². The number of halogens is 2. The third kappa shape index (κ3) is 6.17. The molecule has 0 aromatic heterocycles. The molecule has 1 aliphatic carbocycles. The minimum absolute atomic E-state index is 0. The van der Waals surface area contributed by atoms with Gasteiger partial charge in [0.05, 0.1) is 0 Å². The van der Waals surface area contributed by atoms with Gasteiger partial charge in [-0.05, 0) is 51.1 Å². The Balaban J connectivity index is 0.00000180. The number of hydrogen-bond acceptors (Lipinski definition) is 3. The first-order valence-electron chi connectivity index (χ1n) is 7.41. The van der Waals surface area contributed by atoms with Gasteiger partial charge >= 0.3 is 0 Å². The second kappa shape index (κ2) is 9.82. The maximum Gasteiger partial charge on any atom is 0.223 e. The smallest absolute Gasteiger partial charge is 0.223 e. The largest absolute Gasteiger partial charge is 0.356 e. The molecule has 1 aliphatic heterocycles. The predicted octanol–water partition coefficient (Wildman–Crippen LogP) is 1.81. The Labute approximate surface area is 135 Å². The van der Waals surface area contributed by atoms with Crippen LogP contribution < -0.4 is 11.1 Å². The fraction of sp³-hybridized carbons (Fsp3) is 0.929. The molecule has 0 aromatic rings. The highest BCUT2D eigenvalue weighted by Crippen LogP contribution is 2.24. The predicted molar refractivity (Wildman–Crippen MR) is 87.7 cm³/mol. The van der Waals surface area contributed by atoms with Crippen LogP contribution in [-0.4, -0.2) is 43.0 Å². The monoisotopic (exact) mass is 325 g/mol. The Hall–Kier alpha value is -0.0300. The summed E-state index contributed by atoms with van der Waals surface area (Å²) in [4.78, 5) is 14.5. The molecule has 1 saturated heterocycles. The van der Waals surface area contributed by atoms with Crippen LogP contribution in [0.25, 0.3) is 0 Å². The van der Waals surface area contributed by atoms with E-state index in [1.54, 1.807) is 0 Å². The topological polar surface area (TPSA) is 58.4 Å². The normalized spacial score (nSPS) is 27.5. The highest BCUT2D eigenvalue weighted by Gasteiger charge is 2.27. The van der Waals surface area contributed by atoms with Crippen molar-refractivity contribution in [2.45, 2.75) is 45.1 Å². The van der Waals surface area contributed by atoms with E-state index in [2.05, 4.69) is 17.1 Å². The number of carbonyl (C=O) groups is 1. The van der Waals surface area contributed by atoms with E-state index in [-0.39, 0.29) is 42.7 Å². The van der Waals surface area contributed by atoms with Gasteiger partial charge in [-0.25, -0.2) is 0 Å². The van der Waals surface area contributed by atoms with Crippen molar-refractivity contribution in [3.05, 3.63) is 0 Å². The lowest BCUT2D eigenvalue weighted by Crippen LogP contribution is -2.37. The van der Waals surface area contributed by atoms with E-state index < -0.39 is 0 Å². The van der Waals surface area contributed by atoms with E-state index in [1.807, 2.05) is 0 Å². The van der Waals surface area contributed by atoms with E-state index in [0.717, 1.165) is 32.4 Å². The van der Waals surface area contributed by atoms with E-state index >= 15 is 0 Å². The van der Waals surface area contributed by atoms with E-state index in [1.165, 1.54) is 25.9 Å². The Bertz CT molecular complexity index is 286. The standard InChI is InChI=1S/C14H27N3O.2ClH/c1-11(10-17-6-2-3-7-17)9-16-14(18)12-4-5-13(15)8-12;;/h11-13H,2-10,15H2,1H3,(H,16,18);2*1H. The molecule has 4 nitrogen and oxygen atoms in total. The molecule has 2 aliphatic rings. The maximum atomic E-state index is 12.0. The number of carbonyl (C=O) groups excluding carboxylic acids is 1. The summed E-state index contributed by atoms with van der Waals surface area (Å²) in [6.45, 7) is 6.61. The lowest BCUT2D eigenvalue weighted by Gasteiger charge is -2.21. The summed E-state index contributed by atoms with van der Waals surface area (Å²) >= 11 is 0. The van der Waals surface area contributed by atoms with Crippen molar-refractivity contribution >= 4 is 30.7 Å². The second-order valence-electron chi connectivity index (χ2n) is 6.13. The number of nitrogens with zero attached hydrogens (tertiary/aromatic N) is 1. The molecule has 2 fully saturated rings. The average Bonchev–Trinajstić information content (AvgIpc) is 2.97. The number of nitrogens with two attached hydrogens (primary N) is 1. The zero-order valence-corrected chi connectivity index (χ0v) is 14.0.